The van der Waals surface area contributed by atoms with Crippen LogP contribution in [0.1, 0.15) is 32.5 Å². The lowest BCUT2D eigenvalue weighted by atomic mass is 10.0. The summed E-state index contributed by atoms with van der Waals surface area (Å²) in [6, 6.07) is 8.08. The molecule has 4 rings (SSSR count). The number of hydrogen-bond acceptors (Lipinski definition) is 7. The number of amides is 1. The quantitative estimate of drug-likeness (QED) is 0.697. The highest BCUT2D eigenvalue weighted by Crippen LogP contribution is 2.23. The number of rotatable bonds is 7. The Hall–Kier alpha value is -2.29. The number of anilines is 1. The molecular formula is C23H34N6O2. The van der Waals surface area contributed by atoms with Gasteiger partial charge in [0.2, 0.25) is 5.91 Å². The smallest absolute Gasteiger partial charge is 0.240 e. The average molecular weight is 427 g/mol. The molecule has 0 spiro atoms. The number of fused-ring (bicyclic) bond motifs is 1. The van der Waals surface area contributed by atoms with Crippen molar-refractivity contribution in [2.75, 3.05) is 44.7 Å². The highest BCUT2D eigenvalue weighted by Gasteiger charge is 2.26. The second-order valence-corrected chi connectivity index (χ2v) is 8.93. The molecule has 1 aromatic heterocycles. The zero-order valence-corrected chi connectivity index (χ0v) is 18.6. The number of nitrogens with zero attached hydrogens (tertiary/aromatic N) is 4. The zero-order valence-electron chi connectivity index (χ0n) is 18.6. The van der Waals surface area contributed by atoms with Crippen LogP contribution in [-0.4, -0.2) is 77.2 Å². The Bertz CT molecular complexity index is 891. The minimum Gasteiger partial charge on any atom is -0.381 e. The Morgan fingerprint density at radius 1 is 1.16 bits per heavy atom. The molecule has 8 heteroatoms. The standard InChI is InChI=1S/C23H34N6O2/c1-16(2)21(22(24)30)27-23-18-5-3-4-6-19(18)25-20(26-23)15-28-9-11-29(12-10-28)17-7-13-31-14-8-17/h3-6,16-17,21H,7-15H2,1-2H3,(H2,24,30)(H,25,26,27)/t21-/m0/s1. The number of carbonyl (C=O) groups is 1. The Kier molecular flexibility index (Phi) is 6.99. The molecule has 2 saturated heterocycles. The van der Waals surface area contributed by atoms with E-state index < -0.39 is 6.04 Å². The number of carbonyl (C=O) groups excluding carboxylic acids is 1. The van der Waals surface area contributed by atoms with Crippen molar-refractivity contribution in [3.05, 3.63) is 30.1 Å². The van der Waals surface area contributed by atoms with E-state index in [0.29, 0.717) is 18.4 Å². The summed E-state index contributed by atoms with van der Waals surface area (Å²) in [4.78, 5) is 26.6. The first-order valence-corrected chi connectivity index (χ1v) is 11.4. The molecular weight excluding hydrogens is 392 g/mol. The van der Waals surface area contributed by atoms with Crippen LogP contribution in [0.5, 0.6) is 0 Å². The van der Waals surface area contributed by atoms with Crippen LogP contribution in [0.15, 0.2) is 24.3 Å². The van der Waals surface area contributed by atoms with Gasteiger partial charge in [0.25, 0.3) is 0 Å². The van der Waals surface area contributed by atoms with Crippen molar-refractivity contribution in [3.8, 4) is 0 Å². The van der Waals surface area contributed by atoms with Gasteiger partial charge in [-0.2, -0.15) is 0 Å². The molecule has 2 aliphatic heterocycles. The van der Waals surface area contributed by atoms with Crippen LogP contribution >= 0.6 is 0 Å². The summed E-state index contributed by atoms with van der Waals surface area (Å²) in [7, 11) is 0. The number of nitrogens with two attached hydrogens (primary N) is 1. The number of hydrogen-bond donors (Lipinski definition) is 2. The summed E-state index contributed by atoms with van der Waals surface area (Å²) in [5.74, 6) is 1.14. The van der Waals surface area contributed by atoms with Crippen LogP contribution < -0.4 is 11.1 Å². The van der Waals surface area contributed by atoms with Gasteiger partial charge in [0.15, 0.2) is 0 Å². The molecule has 0 unspecified atom stereocenters. The van der Waals surface area contributed by atoms with Crippen molar-refractivity contribution in [1.29, 1.82) is 0 Å². The molecule has 8 nitrogen and oxygen atoms in total. The molecule has 3 N–H and O–H groups in total. The fraction of sp³-hybridized carbons (Fsp3) is 0.609. The van der Waals surface area contributed by atoms with Crippen molar-refractivity contribution < 1.29 is 9.53 Å². The largest absolute Gasteiger partial charge is 0.381 e. The number of primary amides is 1. The Labute approximate surface area is 184 Å². The molecule has 168 valence electrons. The maximum Gasteiger partial charge on any atom is 0.240 e. The molecule has 1 amide bonds. The van der Waals surface area contributed by atoms with E-state index in [1.165, 1.54) is 0 Å². The van der Waals surface area contributed by atoms with Crippen molar-refractivity contribution in [1.82, 2.24) is 19.8 Å². The topological polar surface area (TPSA) is 96.6 Å². The summed E-state index contributed by atoms with van der Waals surface area (Å²) in [6.45, 7) is 10.6. The van der Waals surface area contributed by atoms with Gasteiger partial charge in [-0.25, -0.2) is 9.97 Å². The predicted molar refractivity (Wildman–Crippen MR) is 122 cm³/mol. The van der Waals surface area contributed by atoms with Gasteiger partial charge in [-0.15, -0.1) is 0 Å². The molecule has 1 atom stereocenters. The van der Waals surface area contributed by atoms with Crippen LogP contribution in [0, 0.1) is 5.92 Å². The maximum atomic E-state index is 11.9. The summed E-state index contributed by atoms with van der Waals surface area (Å²) in [6.07, 6.45) is 2.28. The SMILES string of the molecule is CC(C)[C@H](Nc1nc(CN2CCN(C3CCOCC3)CC2)nc2ccccc12)C(N)=O. The van der Waals surface area contributed by atoms with Crippen LogP contribution in [0.2, 0.25) is 0 Å². The van der Waals surface area contributed by atoms with Gasteiger partial charge >= 0.3 is 0 Å². The van der Waals surface area contributed by atoms with E-state index in [1.54, 1.807) is 0 Å². The number of piperazine rings is 1. The van der Waals surface area contributed by atoms with E-state index in [4.69, 9.17) is 20.4 Å². The third-order valence-corrected chi connectivity index (χ3v) is 6.39. The van der Waals surface area contributed by atoms with E-state index >= 15 is 0 Å². The summed E-state index contributed by atoms with van der Waals surface area (Å²) in [5, 5.41) is 4.19. The lowest BCUT2D eigenvalue weighted by Crippen LogP contribution is -2.51. The number of nitrogens with one attached hydrogen (secondary N) is 1. The van der Waals surface area contributed by atoms with Crippen LogP contribution in [0.4, 0.5) is 5.82 Å². The normalized spacial score (nSPS) is 20.2. The van der Waals surface area contributed by atoms with Crippen LogP contribution in [0.25, 0.3) is 10.9 Å². The highest BCUT2D eigenvalue weighted by atomic mass is 16.5. The second kappa shape index (κ2) is 9.89. The number of benzene rings is 1. The number of ether oxygens (including phenoxy) is 1. The molecule has 1 aromatic carbocycles. The minimum absolute atomic E-state index is 0.0629. The third kappa shape index (κ3) is 5.31. The molecule has 2 fully saturated rings. The third-order valence-electron chi connectivity index (χ3n) is 6.39. The maximum absolute atomic E-state index is 11.9. The average Bonchev–Trinajstić information content (AvgIpc) is 2.78. The van der Waals surface area contributed by atoms with E-state index in [0.717, 1.165) is 69.0 Å². The van der Waals surface area contributed by atoms with Gasteiger partial charge in [-0.05, 0) is 30.9 Å². The van der Waals surface area contributed by atoms with Crippen molar-refractivity contribution in [2.24, 2.45) is 11.7 Å². The molecule has 31 heavy (non-hydrogen) atoms. The van der Waals surface area contributed by atoms with Gasteiger partial charge in [0.1, 0.15) is 17.7 Å². The van der Waals surface area contributed by atoms with E-state index in [1.807, 2.05) is 38.1 Å². The molecule has 3 heterocycles. The van der Waals surface area contributed by atoms with Crippen LogP contribution in [0.3, 0.4) is 0 Å². The summed E-state index contributed by atoms with van der Waals surface area (Å²) < 4.78 is 5.51. The molecule has 0 aliphatic carbocycles. The molecule has 0 radical (unpaired) electrons. The fourth-order valence-electron chi connectivity index (χ4n) is 4.56. The van der Waals surface area contributed by atoms with Crippen molar-refractivity contribution in [2.45, 2.75) is 45.3 Å². The van der Waals surface area contributed by atoms with Gasteiger partial charge in [0, 0.05) is 50.8 Å². The molecule has 2 aliphatic rings. The number of para-hydroxylation sites is 1. The van der Waals surface area contributed by atoms with E-state index in [-0.39, 0.29) is 11.8 Å². The highest BCUT2D eigenvalue weighted by molar-refractivity contribution is 5.91. The van der Waals surface area contributed by atoms with Gasteiger partial charge < -0.3 is 15.8 Å². The van der Waals surface area contributed by atoms with Gasteiger partial charge in [0.05, 0.1) is 12.1 Å². The Morgan fingerprint density at radius 3 is 2.55 bits per heavy atom. The van der Waals surface area contributed by atoms with Gasteiger partial charge in [-0.3, -0.25) is 14.6 Å². The summed E-state index contributed by atoms with van der Waals surface area (Å²) >= 11 is 0. The van der Waals surface area contributed by atoms with E-state index in [9.17, 15) is 4.79 Å². The lowest BCUT2D eigenvalue weighted by Gasteiger charge is -2.40. The minimum atomic E-state index is -0.478. The Balaban J connectivity index is 1.47. The second-order valence-electron chi connectivity index (χ2n) is 8.93. The van der Waals surface area contributed by atoms with Crippen LogP contribution in [-0.2, 0) is 16.1 Å². The zero-order chi connectivity index (χ0) is 21.8. The van der Waals surface area contributed by atoms with Crippen molar-refractivity contribution >= 4 is 22.6 Å². The lowest BCUT2D eigenvalue weighted by molar-refractivity contribution is -0.119. The first-order chi connectivity index (χ1) is 15.0. The van der Waals surface area contributed by atoms with E-state index in [2.05, 4.69) is 15.1 Å². The first kappa shape index (κ1) is 21.9. The molecule has 0 saturated carbocycles. The summed E-state index contributed by atoms with van der Waals surface area (Å²) in [5.41, 5.74) is 6.50. The molecule has 0 bridgehead atoms. The predicted octanol–water partition coefficient (Wildman–Crippen LogP) is 1.85. The molecule has 2 aromatic rings. The monoisotopic (exact) mass is 426 g/mol. The first-order valence-electron chi connectivity index (χ1n) is 11.4. The van der Waals surface area contributed by atoms with Crippen molar-refractivity contribution in [3.63, 3.8) is 0 Å². The Morgan fingerprint density at radius 2 is 1.87 bits per heavy atom. The fourth-order valence-corrected chi connectivity index (χ4v) is 4.56. The van der Waals surface area contributed by atoms with Gasteiger partial charge in [-0.1, -0.05) is 26.0 Å². The number of aromatic nitrogens is 2.